The van der Waals surface area contributed by atoms with E-state index in [1.54, 1.807) is 43.9 Å². The Bertz CT molecular complexity index is 3020. The first-order chi connectivity index (χ1) is 34.8. The third-order valence-corrected chi connectivity index (χ3v) is 14.4. The number of hydrogen-bond acceptors (Lipinski definition) is 12. The van der Waals surface area contributed by atoms with Crippen LogP contribution < -0.4 is 15.5 Å². The minimum Gasteiger partial charge on any atom is -0.391 e. The van der Waals surface area contributed by atoms with Crippen LogP contribution in [0.5, 0.6) is 0 Å². The van der Waals surface area contributed by atoms with Crippen molar-refractivity contribution in [1.82, 2.24) is 39.7 Å². The van der Waals surface area contributed by atoms with E-state index in [1.807, 2.05) is 94.3 Å². The molecule has 3 aromatic carbocycles. The Kier molecular flexibility index (Phi) is 16.6. The molecule has 0 spiro atoms. The molecule has 15 nitrogen and oxygen atoms in total. The number of pyridine rings is 1. The van der Waals surface area contributed by atoms with Gasteiger partial charge in [0.1, 0.15) is 24.2 Å². The molecule has 2 aliphatic heterocycles. The Balaban J connectivity index is 0.000000344. The third kappa shape index (κ3) is 12.5. The van der Waals surface area contributed by atoms with Crippen LogP contribution in [0.3, 0.4) is 0 Å². The Hall–Kier alpha value is -7.19. The molecule has 2 saturated heterocycles. The quantitative estimate of drug-likeness (QED) is 0.0783. The number of rotatable bonds is 16. The van der Waals surface area contributed by atoms with Crippen molar-refractivity contribution in [1.29, 1.82) is 5.26 Å². The summed E-state index contributed by atoms with van der Waals surface area (Å²) < 4.78 is 3.53. The van der Waals surface area contributed by atoms with Crippen molar-refractivity contribution >= 4 is 52.5 Å². The van der Waals surface area contributed by atoms with Crippen molar-refractivity contribution in [3.8, 4) is 38.9 Å². The first-order valence-electron chi connectivity index (χ1n) is 24.3. The fourth-order valence-electron chi connectivity index (χ4n) is 9.12. The molecule has 0 radical (unpaired) electrons. The lowest BCUT2D eigenvalue weighted by Gasteiger charge is -2.26. The first kappa shape index (κ1) is 51.2. The molecule has 72 heavy (non-hydrogen) atoms. The molecule has 2 aliphatic rings. The molecule has 17 heteroatoms. The van der Waals surface area contributed by atoms with E-state index in [9.17, 15) is 19.5 Å². The molecule has 0 aliphatic carbocycles. The van der Waals surface area contributed by atoms with Crippen molar-refractivity contribution in [3.05, 3.63) is 143 Å². The molecule has 3 N–H and O–H groups in total. The van der Waals surface area contributed by atoms with Crippen LogP contribution in [-0.4, -0.2) is 102 Å². The number of aldehydes is 1. The number of carbonyl (C=O) groups is 3. The number of aliphatic hydroxyl groups is 1. The number of aryl methyl sites for hydroxylation is 1. The molecular formula is C55H60ClN11O4S. The van der Waals surface area contributed by atoms with Gasteiger partial charge in [-0.25, -0.2) is 9.97 Å². The topological polar surface area (TPSA) is 187 Å². The number of carbonyl (C=O) groups excluding carboxylic acids is 3. The number of hydrogen-bond donors (Lipinski definition) is 3. The molecule has 5 atom stereocenters. The molecule has 7 aromatic rings. The van der Waals surface area contributed by atoms with Crippen molar-refractivity contribution in [2.45, 2.75) is 90.6 Å². The molecule has 1 unspecified atom stereocenters. The SMILES string of the molecule is CC(C)[C@@H](C(=O)N1CC[C@@H](O)C1)n1cc(-c2ccnc(N3CCC(Nc4ccc(C(=O)N[C@@H](C)Cn5ccc(-c6ccc(C#N)c(Cl)c6)n5)cc4)C3)c2)cn1.Cc1ncsc1-c1ccc([C@H](C)CC=O)cc1. The van der Waals surface area contributed by atoms with E-state index in [4.69, 9.17) is 16.9 Å². The monoisotopic (exact) mass is 1010 g/mol. The van der Waals surface area contributed by atoms with Gasteiger partial charge in [-0.15, -0.1) is 11.3 Å². The molecule has 0 saturated carbocycles. The van der Waals surface area contributed by atoms with Gasteiger partial charge in [0, 0.05) is 85.7 Å². The van der Waals surface area contributed by atoms with Gasteiger partial charge in [-0.2, -0.15) is 15.5 Å². The van der Waals surface area contributed by atoms with Gasteiger partial charge in [0.25, 0.3) is 5.91 Å². The van der Waals surface area contributed by atoms with E-state index in [0.29, 0.717) is 54.5 Å². The first-order valence-corrected chi connectivity index (χ1v) is 25.6. The van der Waals surface area contributed by atoms with Gasteiger partial charge in [-0.05, 0) is 110 Å². The lowest BCUT2D eigenvalue weighted by atomic mass is 9.97. The van der Waals surface area contributed by atoms with Gasteiger partial charge in [0.2, 0.25) is 5.91 Å². The van der Waals surface area contributed by atoms with E-state index >= 15 is 0 Å². The number of anilines is 2. The lowest BCUT2D eigenvalue weighted by Crippen LogP contribution is -2.38. The van der Waals surface area contributed by atoms with Gasteiger partial charge in [0.15, 0.2) is 0 Å². The van der Waals surface area contributed by atoms with E-state index in [0.717, 1.165) is 65.4 Å². The van der Waals surface area contributed by atoms with Gasteiger partial charge in [-0.1, -0.05) is 62.7 Å². The van der Waals surface area contributed by atoms with Gasteiger partial charge < -0.3 is 30.3 Å². The standard InChI is InChI=1S/C41H45ClN10O3.C14H15NOS/c1-26(2)39(41(55)50-16-12-35(53)25-50)52-23-32(21-45-52)29-10-14-44-38(19-29)49-15-11-34(24-49)47-33-8-6-28(7-9-33)40(54)46-27(3)22-51-17-13-37(48-51)30-4-5-31(20-43)36(42)18-30;1-10(7-8-16)12-3-5-13(6-4-12)14-11(2)15-9-17-14/h4-10,13-14,17-19,21,23,26-27,34-35,39,47,53H,11-12,15-16,22,24-25H2,1-3H3,(H,46,54);3-6,8-10H,7H2,1-2H3/t27-,34?,35+,39-;10-/m01/s1. The van der Waals surface area contributed by atoms with Crippen LogP contribution in [0.1, 0.15) is 86.1 Å². The molecular weight excluding hydrogens is 946 g/mol. The Morgan fingerprint density at radius 2 is 1.71 bits per heavy atom. The van der Waals surface area contributed by atoms with E-state index in [2.05, 4.69) is 79.0 Å². The number of benzene rings is 3. The zero-order chi connectivity index (χ0) is 50.9. The van der Waals surface area contributed by atoms with Crippen LogP contribution in [0.25, 0.3) is 32.8 Å². The average Bonchev–Trinajstić information content (AvgIpc) is 4.25. The largest absolute Gasteiger partial charge is 0.391 e. The maximum absolute atomic E-state index is 13.4. The molecule has 2 fully saturated rings. The number of thiazole rings is 1. The normalized spacial score (nSPS) is 16.7. The minimum atomic E-state index is -0.463. The van der Waals surface area contributed by atoms with Gasteiger partial charge in [0.05, 0.1) is 51.2 Å². The fourth-order valence-corrected chi connectivity index (χ4v) is 10.2. The highest BCUT2D eigenvalue weighted by atomic mass is 35.5. The molecule has 372 valence electrons. The number of nitrogens with one attached hydrogen (secondary N) is 2. The summed E-state index contributed by atoms with van der Waals surface area (Å²) in [5.41, 5.74) is 10.7. The summed E-state index contributed by atoms with van der Waals surface area (Å²) in [7, 11) is 0. The summed E-state index contributed by atoms with van der Waals surface area (Å²) in [6.07, 6.45) is 10.0. The maximum atomic E-state index is 13.4. The zero-order valence-corrected chi connectivity index (χ0v) is 42.7. The van der Waals surface area contributed by atoms with Crippen LogP contribution in [0.2, 0.25) is 5.02 Å². The highest BCUT2D eigenvalue weighted by Gasteiger charge is 2.33. The predicted octanol–water partition coefficient (Wildman–Crippen LogP) is 9.44. The number of nitriles is 1. The lowest BCUT2D eigenvalue weighted by molar-refractivity contribution is -0.135. The Morgan fingerprint density at radius 1 is 0.931 bits per heavy atom. The van der Waals surface area contributed by atoms with Crippen molar-refractivity contribution in [2.24, 2.45) is 5.92 Å². The predicted molar refractivity (Wildman–Crippen MR) is 283 cm³/mol. The Labute approximate surface area is 429 Å². The second-order valence-corrected chi connectivity index (χ2v) is 20.2. The number of β-amino-alcohol motifs (C(OH)–C–C–N with tert-alkyl or cyclic N) is 1. The summed E-state index contributed by atoms with van der Waals surface area (Å²) in [6.45, 7) is 13.1. The van der Waals surface area contributed by atoms with Crippen molar-refractivity contribution < 1.29 is 19.5 Å². The summed E-state index contributed by atoms with van der Waals surface area (Å²) in [5.74, 6) is 1.04. The van der Waals surface area contributed by atoms with E-state index < -0.39 is 12.1 Å². The second-order valence-electron chi connectivity index (χ2n) is 19.0. The number of halogens is 1. The highest BCUT2D eigenvalue weighted by Crippen LogP contribution is 2.31. The molecule has 0 bridgehead atoms. The number of amides is 2. The van der Waals surface area contributed by atoms with Crippen LogP contribution >= 0.6 is 22.9 Å². The smallest absolute Gasteiger partial charge is 0.251 e. The molecule has 2 amide bonds. The molecule has 6 heterocycles. The number of likely N-dealkylation sites (tertiary alicyclic amines) is 1. The zero-order valence-electron chi connectivity index (χ0n) is 41.2. The van der Waals surface area contributed by atoms with Crippen LogP contribution in [0.15, 0.2) is 115 Å². The third-order valence-electron chi connectivity index (χ3n) is 13.2. The summed E-state index contributed by atoms with van der Waals surface area (Å²) in [4.78, 5) is 51.1. The molecule has 9 rings (SSSR count). The maximum Gasteiger partial charge on any atom is 0.251 e. The summed E-state index contributed by atoms with van der Waals surface area (Å²) in [5, 5.41) is 35.4. The van der Waals surface area contributed by atoms with Gasteiger partial charge in [-0.3, -0.25) is 19.0 Å². The molecule has 4 aromatic heterocycles. The van der Waals surface area contributed by atoms with E-state index in [1.165, 1.54) is 16.0 Å². The van der Waals surface area contributed by atoms with Crippen LogP contribution in [0, 0.1) is 24.2 Å². The summed E-state index contributed by atoms with van der Waals surface area (Å²) >= 11 is 7.86. The van der Waals surface area contributed by atoms with Crippen LogP contribution in [0.4, 0.5) is 11.5 Å². The number of aromatic nitrogens is 6. The van der Waals surface area contributed by atoms with Gasteiger partial charge >= 0.3 is 0 Å². The van der Waals surface area contributed by atoms with Crippen molar-refractivity contribution in [2.75, 3.05) is 36.4 Å². The average molecular weight is 1010 g/mol. The number of nitrogens with zero attached hydrogens (tertiary/aromatic N) is 9. The number of aliphatic hydroxyl groups excluding tert-OH is 1. The minimum absolute atomic E-state index is 0.00944. The van der Waals surface area contributed by atoms with E-state index in [-0.39, 0.29) is 29.8 Å². The van der Waals surface area contributed by atoms with Crippen molar-refractivity contribution in [3.63, 3.8) is 0 Å². The Morgan fingerprint density at radius 3 is 2.39 bits per heavy atom. The second kappa shape index (κ2) is 23.4. The highest BCUT2D eigenvalue weighted by molar-refractivity contribution is 7.13. The van der Waals surface area contributed by atoms with Crippen LogP contribution in [-0.2, 0) is 16.1 Å². The fraction of sp³-hybridized carbons (Fsp3) is 0.345. The summed E-state index contributed by atoms with van der Waals surface area (Å²) in [6, 6.07) is 28.7.